The summed E-state index contributed by atoms with van der Waals surface area (Å²) in [6, 6.07) is 3.02. The number of nitrogens with zero attached hydrogens (tertiary/aromatic N) is 2. The van der Waals surface area contributed by atoms with Crippen molar-refractivity contribution in [2.45, 2.75) is 31.3 Å². The second kappa shape index (κ2) is 8.44. The fourth-order valence-electron chi connectivity index (χ4n) is 1.94. The summed E-state index contributed by atoms with van der Waals surface area (Å²) in [5.74, 6) is -1.32. The second-order valence-corrected chi connectivity index (χ2v) is 9.12. The van der Waals surface area contributed by atoms with Gasteiger partial charge in [0, 0.05) is 13.1 Å². The number of carbonyl (C=O) groups is 1. The highest BCUT2D eigenvalue weighted by Gasteiger charge is 2.30. The smallest absolute Gasteiger partial charge is 0.321 e. The van der Waals surface area contributed by atoms with Gasteiger partial charge in [-0.15, -0.1) is 0 Å². The van der Waals surface area contributed by atoms with Gasteiger partial charge in [-0.2, -0.15) is 4.31 Å². The SMILES string of the molecule is CN(C)CCN(CC(=O)OC(C)(C)C)S(=O)(=O)c1ccc(F)cc1Cl. The molecule has 0 amide bonds. The van der Waals surface area contributed by atoms with E-state index in [0.717, 1.165) is 22.5 Å². The number of sulfonamides is 1. The first-order valence-electron chi connectivity index (χ1n) is 7.65. The van der Waals surface area contributed by atoms with Crippen molar-refractivity contribution in [1.82, 2.24) is 9.21 Å². The Hall–Kier alpha value is -1.22. The third kappa shape index (κ3) is 6.89. The van der Waals surface area contributed by atoms with Crippen LogP contribution in [0, 0.1) is 5.82 Å². The molecule has 6 nitrogen and oxygen atoms in total. The van der Waals surface area contributed by atoms with Gasteiger partial charge in [-0.25, -0.2) is 12.8 Å². The number of ether oxygens (including phenoxy) is 1. The molecule has 0 aliphatic rings. The molecule has 0 fully saturated rings. The monoisotopic (exact) mass is 394 g/mol. The van der Waals surface area contributed by atoms with Gasteiger partial charge in [0.2, 0.25) is 10.0 Å². The van der Waals surface area contributed by atoms with Gasteiger partial charge in [0.1, 0.15) is 22.9 Å². The van der Waals surface area contributed by atoms with Gasteiger partial charge < -0.3 is 9.64 Å². The Bertz CT molecular complexity index is 717. The Morgan fingerprint density at radius 1 is 1.24 bits per heavy atom. The third-order valence-electron chi connectivity index (χ3n) is 3.03. The maximum absolute atomic E-state index is 13.2. The van der Waals surface area contributed by atoms with Gasteiger partial charge in [-0.05, 0) is 53.1 Å². The molecule has 0 spiro atoms. The molecule has 0 saturated heterocycles. The lowest BCUT2D eigenvalue weighted by atomic mass is 10.2. The molecule has 142 valence electrons. The normalized spacial score (nSPS) is 12.7. The lowest BCUT2D eigenvalue weighted by Gasteiger charge is -2.26. The first-order valence-corrected chi connectivity index (χ1v) is 9.46. The van der Waals surface area contributed by atoms with Gasteiger partial charge in [0.05, 0.1) is 5.02 Å². The number of hydrogen-bond acceptors (Lipinski definition) is 5. The summed E-state index contributed by atoms with van der Waals surface area (Å²) in [6.07, 6.45) is 0. The van der Waals surface area contributed by atoms with Gasteiger partial charge in [0.15, 0.2) is 0 Å². The number of likely N-dealkylation sites (N-methyl/N-ethyl adjacent to an activating group) is 1. The second-order valence-electron chi connectivity index (χ2n) is 6.80. The molecule has 1 aromatic carbocycles. The van der Waals surface area contributed by atoms with E-state index in [1.54, 1.807) is 39.8 Å². The topological polar surface area (TPSA) is 66.9 Å². The van der Waals surface area contributed by atoms with Crippen molar-refractivity contribution >= 4 is 27.6 Å². The summed E-state index contributed by atoms with van der Waals surface area (Å²) in [5, 5.41) is -0.237. The van der Waals surface area contributed by atoms with E-state index in [9.17, 15) is 17.6 Å². The van der Waals surface area contributed by atoms with E-state index in [4.69, 9.17) is 16.3 Å². The molecule has 0 saturated carbocycles. The molecule has 0 bridgehead atoms. The molecule has 9 heteroatoms. The number of hydrogen-bond donors (Lipinski definition) is 0. The largest absolute Gasteiger partial charge is 0.459 e. The van der Waals surface area contributed by atoms with Crippen molar-refractivity contribution in [3.63, 3.8) is 0 Å². The first kappa shape index (κ1) is 21.8. The summed E-state index contributed by atoms with van der Waals surface area (Å²) in [6.45, 7) is 5.07. The Labute approximate surface area is 153 Å². The quantitative estimate of drug-likeness (QED) is 0.664. The first-order chi connectivity index (χ1) is 11.3. The van der Waals surface area contributed by atoms with Crippen molar-refractivity contribution in [3.05, 3.63) is 29.0 Å². The molecule has 0 heterocycles. The van der Waals surface area contributed by atoms with E-state index in [-0.39, 0.29) is 16.5 Å². The summed E-state index contributed by atoms with van der Waals surface area (Å²) in [5.41, 5.74) is -0.735. The number of benzene rings is 1. The van der Waals surface area contributed by atoms with Crippen molar-refractivity contribution < 1.29 is 22.3 Å². The van der Waals surface area contributed by atoms with E-state index in [1.807, 2.05) is 0 Å². The average molecular weight is 395 g/mol. The molecular formula is C16H24ClFN2O4S. The summed E-state index contributed by atoms with van der Waals surface area (Å²) in [7, 11) is -0.526. The highest BCUT2D eigenvalue weighted by molar-refractivity contribution is 7.89. The van der Waals surface area contributed by atoms with Crippen LogP contribution in [0.25, 0.3) is 0 Å². The average Bonchev–Trinajstić information content (AvgIpc) is 2.40. The molecule has 0 atom stereocenters. The minimum absolute atomic E-state index is 0.0578. The lowest BCUT2D eigenvalue weighted by molar-refractivity contribution is -0.155. The molecule has 0 unspecified atom stereocenters. The van der Waals surface area contributed by atoms with Crippen LogP contribution in [0.2, 0.25) is 5.02 Å². The van der Waals surface area contributed by atoms with Crippen molar-refractivity contribution in [3.8, 4) is 0 Å². The number of carbonyl (C=O) groups excluding carboxylic acids is 1. The zero-order valence-corrected chi connectivity index (χ0v) is 16.6. The van der Waals surface area contributed by atoms with Crippen LogP contribution >= 0.6 is 11.6 Å². The summed E-state index contributed by atoms with van der Waals surface area (Å²) < 4.78 is 45.1. The standard InChI is InChI=1S/C16H24ClFN2O4S/c1-16(2,3)24-15(21)11-20(9-8-19(4)5)25(22,23)14-7-6-12(18)10-13(14)17/h6-7,10H,8-9,11H2,1-5H3. The molecular weight excluding hydrogens is 371 g/mol. The third-order valence-corrected chi connectivity index (χ3v) is 5.36. The molecule has 1 aromatic rings. The predicted octanol–water partition coefficient (Wildman–Crippen LogP) is 2.37. The van der Waals surface area contributed by atoms with E-state index in [2.05, 4.69) is 0 Å². The Morgan fingerprint density at radius 2 is 1.84 bits per heavy atom. The van der Waals surface area contributed by atoms with Crippen LogP contribution in [0.4, 0.5) is 4.39 Å². The number of halogens is 2. The van der Waals surface area contributed by atoms with Crippen molar-refractivity contribution in [1.29, 1.82) is 0 Å². The van der Waals surface area contributed by atoms with E-state index in [0.29, 0.717) is 6.54 Å². The maximum atomic E-state index is 13.2. The van der Waals surface area contributed by atoms with Crippen LogP contribution in [0.15, 0.2) is 23.1 Å². The highest BCUT2D eigenvalue weighted by atomic mass is 35.5. The number of esters is 1. The van der Waals surface area contributed by atoms with E-state index in [1.165, 1.54) is 0 Å². The van der Waals surface area contributed by atoms with Crippen LogP contribution in [-0.2, 0) is 19.6 Å². The number of rotatable bonds is 7. The molecule has 0 aliphatic carbocycles. The zero-order valence-electron chi connectivity index (χ0n) is 15.0. The van der Waals surface area contributed by atoms with Crippen LogP contribution in [0.1, 0.15) is 20.8 Å². The molecule has 25 heavy (non-hydrogen) atoms. The van der Waals surface area contributed by atoms with Gasteiger partial charge in [0.25, 0.3) is 0 Å². The Kier molecular flexibility index (Phi) is 7.37. The highest BCUT2D eigenvalue weighted by Crippen LogP contribution is 2.25. The molecule has 1 rings (SSSR count). The Morgan fingerprint density at radius 3 is 2.32 bits per heavy atom. The summed E-state index contributed by atoms with van der Waals surface area (Å²) >= 11 is 5.89. The van der Waals surface area contributed by atoms with Crippen molar-refractivity contribution in [2.75, 3.05) is 33.7 Å². The minimum Gasteiger partial charge on any atom is -0.459 e. The van der Waals surface area contributed by atoms with E-state index >= 15 is 0 Å². The predicted molar refractivity (Wildman–Crippen MR) is 94.6 cm³/mol. The fraction of sp³-hybridized carbons (Fsp3) is 0.562. The lowest BCUT2D eigenvalue weighted by Crippen LogP contribution is -2.42. The van der Waals surface area contributed by atoms with Gasteiger partial charge in [-0.1, -0.05) is 11.6 Å². The molecule has 0 aliphatic heterocycles. The van der Waals surface area contributed by atoms with Gasteiger partial charge in [-0.3, -0.25) is 4.79 Å². The van der Waals surface area contributed by atoms with Crippen LogP contribution in [0.5, 0.6) is 0 Å². The van der Waals surface area contributed by atoms with Crippen molar-refractivity contribution in [2.24, 2.45) is 0 Å². The minimum atomic E-state index is -4.09. The van der Waals surface area contributed by atoms with Crippen LogP contribution in [-0.4, -0.2) is 62.9 Å². The summed E-state index contributed by atoms with van der Waals surface area (Å²) in [4.78, 5) is 13.6. The molecule has 0 N–H and O–H groups in total. The Balaban J connectivity index is 3.14. The fourth-order valence-corrected chi connectivity index (χ4v) is 3.82. The molecule has 0 aromatic heterocycles. The maximum Gasteiger partial charge on any atom is 0.321 e. The molecule has 0 radical (unpaired) electrons. The van der Waals surface area contributed by atoms with Crippen LogP contribution in [0.3, 0.4) is 0 Å². The van der Waals surface area contributed by atoms with Gasteiger partial charge >= 0.3 is 5.97 Å². The van der Waals surface area contributed by atoms with Crippen LogP contribution < -0.4 is 0 Å². The van der Waals surface area contributed by atoms with E-state index < -0.39 is 34.0 Å². The zero-order chi connectivity index (χ0) is 19.4.